The molecule has 0 spiro atoms. The summed E-state index contributed by atoms with van der Waals surface area (Å²) in [6.45, 7) is 5.17. The monoisotopic (exact) mass is 299 g/mol. The van der Waals surface area contributed by atoms with Gasteiger partial charge in [0.15, 0.2) is 0 Å². The van der Waals surface area contributed by atoms with Gasteiger partial charge in [0.2, 0.25) is 0 Å². The van der Waals surface area contributed by atoms with Crippen LogP contribution < -0.4 is 5.32 Å². The SMILES string of the molecule is CNc1cc(C2CN(Cc3ccccn3)CCO2)nc(C)n1. The van der Waals surface area contributed by atoms with E-state index in [1.807, 2.05) is 38.4 Å². The number of nitrogens with one attached hydrogen (secondary N) is 1. The molecule has 1 unspecified atom stereocenters. The smallest absolute Gasteiger partial charge is 0.129 e. The van der Waals surface area contributed by atoms with E-state index >= 15 is 0 Å². The van der Waals surface area contributed by atoms with E-state index in [0.717, 1.165) is 42.7 Å². The Morgan fingerprint density at radius 2 is 2.27 bits per heavy atom. The maximum absolute atomic E-state index is 5.91. The second kappa shape index (κ2) is 6.81. The lowest BCUT2D eigenvalue weighted by Gasteiger charge is -2.32. The molecule has 116 valence electrons. The van der Waals surface area contributed by atoms with E-state index in [1.54, 1.807) is 0 Å². The van der Waals surface area contributed by atoms with Crippen LogP contribution in [0.2, 0.25) is 0 Å². The predicted octanol–water partition coefficient (Wildman–Crippen LogP) is 1.80. The van der Waals surface area contributed by atoms with Crippen molar-refractivity contribution in [2.75, 3.05) is 32.1 Å². The fourth-order valence-electron chi connectivity index (χ4n) is 2.63. The zero-order valence-electron chi connectivity index (χ0n) is 13.0. The minimum Gasteiger partial charge on any atom is -0.373 e. The number of morpholine rings is 1. The molecule has 6 heteroatoms. The van der Waals surface area contributed by atoms with Gasteiger partial charge in [0.05, 0.1) is 18.0 Å². The first kappa shape index (κ1) is 14.9. The summed E-state index contributed by atoms with van der Waals surface area (Å²) in [7, 11) is 1.86. The molecule has 0 saturated carbocycles. The van der Waals surface area contributed by atoms with E-state index in [-0.39, 0.29) is 6.10 Å². The molecule has 0 aromatic carbocycles. The molecule has 1 aliphatic rings. The highest BCUT2D eigenvalue weighted by Gasteiger charge is 2.24. The Bertz CT molecular complexity index is 619. The molecular weight excluding hydrogens is 278 g/mol. The zero-order chi connectivity index (χ0) is 15.4. The maximum atomic E-state index is 5.91. The van der Waals surface area contributed by atoms with Gasteiger partial charge in [-0.2, -0.15) is 0 Å². The molecule has 1 saturated heterocycles. The number of hydrogen-bond acceptors (Lipinski definition) is 6. The second-order valence-electron chi connectivity index (χ2n) is 5.39. The third-order valence-electron chi connectivity index (χ3n) is 3.71. The Hall–Kier alpha value is -2.05. The van der Waals surface area contributed by atoms with Gasteiger partial charge < -0.3 is 10.1 Å². The van der Waals surface area contributed by atoms with Crippen LogP contribution in [0.15, 0.2) is 30.5 Å². The van der Waals surface area contributed by atoms with Gasteiger partial charge in [-0.15, -0.1) is 0 Å². The van der Waals surface area contributed by atoms with E-state index < -0.39 is 0 Å². The quantitative estimate of drug-likeness (QED) is 0.929. The number of anilines is 1. The number of rotatable bonds is 4. The molecule has 3 heterocycles. The third-order valence-corrected chi connectivity index (χ3v) is 3.71. The van der Waals surface area contributed by atoms with E-state index in [9.17, 15) is 0 Å². The lowest BCUT2D eigenvalue weighted by Crippen LogP contribution is -2.38. The number of aryl methyl sites for hydroxylation is 1. The molecule has 1 N–H and O–H groups in total. The third kappa shape index (κ3) is 3.58. The summed E-state index contributed by atoms with van der Waals surface area (Å²) >= 11 is 0. The first-order valence-corrected chi connectivity index (χ1v) is 7.52. The number of nitrogens with zero attached hydrogens (tertiary/aromatic N) is 4. The Morgan fingerprint density at radius 1 is 1.36 bits per heavy atom. The van der Waals surface area contributed by atoms with Crippen LogP contribution in [-0.2, 0) is 11.3 Å². The largest absolute Gasteiger partial charge is 0.373 e. The molecule has 2 aromatic rings. The van der Waals surface area contributed by atoms with Crippen molar-refractivity contribution in [3.8, 4) is 0 Å². The van der Waals surface area contributed by atoms with Gasteiger partial charge in [-0.25, -0.2) is 9.97 Å². The average molecular weight is 299 g/mol. The fraction of sp³-hybridized carbons (Fsp3) is 0.438. The lowest BCUT2D eigenvalue weighted by atomic mass is 10.2. The molecular formula is C16H21N5O. The van der Waals surface area contributed by atoms with E-state index in [2.05, 4.69) is 31.2 Å². The summed E-state index contributed by atoms with van der Waals surface area (Å²) in [5.41, 5.74) is 2.01. The second-order valence-corrected chi connectivity index (χ2v) is 5.39. The molecule has 1 fully saturated rings. The molecule has 0 bridgehead atoms. The fourth-order valence-corrected chi connectivity index (χ4v) is 2.63. The molecule has 3 rings (SSSR count). The van der Waals surface area contributed by atoms with Crippen molar-refractivity contribution in [1.29, 1.82) is 0 Å². The van der Waals surface area contributed by atoms with Crippen molar-refractivity contribution in [3.63, 3.8) is 0 Å². The Morgan fingerprint density at radius 3 is 3.05 bits per heavy atom. The van der Waals surface area contributed by atoms with Crippen LogP contribution in [0.5, 0.6) is 0 Å². The van der Waals surface area contributed by atoms with Gasteiger partial charge in [0, 0.05) is 38.9 Å². The van der Waals surface area contributed by atoms with Crippen LogP contribution in [0.25, 0.3) is 0 Å². The number of pyridine rings is 1. The van der Waals surface area contributed by atoms with E-state index in [0.29, 0.717) is 6.61 Å². The summed E-state index contributed by atoms with van der Waals surface area (Å²) in [4.78, 5) is 15.6. The number of aromatic nitrogens is 3. The topological polar surface area (TPSA) is 63.2 Å². The van der Waals surface area contributed by atoms with Gasteiger partial charge >= 0.3 is 0 Å². The van der Waals surface area contributed by atoms with E-state index in [1.165, 1.54) is 0 Å². The predicted molar refractivity (Wildman–Crippen MR) is 84.5 cm³/mol. The minimum absolute atomic E-state index is 0.0220. The minimum atomic E-state index is -0.0220. The van der Waals surface area contributed by atoms with Gasteiger partial charge in [-0.3, -0.25) is 9.88 Å². The zero-order valence-corrected chi connectivity index (χ0v) is 13.0. The highest BCUT2D eigenvalue weighted by molar-refractivity contribution is 5.35. The Labute approximate surface area is 130 Å². The standard InChI is InChI=1S/C16H21N5O/c1-12-19-14(9-16(17-2)20-12)15-11-21(7-8-22-15)10-13-5-3-4-6-18-13/h3-6,9,15H,7-8,10-11H2,1-2H3,(H,17,19,20). The summed E-state index contributed by atoms with van der Waals surface area (Å²) in [5.74, 6) is 1.58. The lowest BCUT2D eigenvalue weighted by molar-refractivity contribution is -0.0354. The summed E-state index contributed by atoms with van der Waals surface area (Å²) in [5, 5.41) is 3.07. The van der Waals surface area contributed by atoms with Crippen LogP contribution in [0.4, 0.5) is 5.82 Å². The van der Waals surface area contributed by atoms with Crippen molar-refractivity contribution in [1.82, 2.24) is 19.9 Å². The van der Waals surface area contributed by atoms with Crippen molar-refractivity contribution < 1.29 is 4.74 Å². The van der Waals surface area contributed by atoms with Crippen LogP contribution in [0.3, 0.4) is 0 Å². The highest BCUT2D eigenvalue weighted by atomic mass is 16.5. The van der Waals surface area contributed by atoms with Crippen molar-refractivity contribution >= 4 is 5.82 Å². The first-order valence-electron chi connectivity index (χ1n) is 7.52. The van der Waals surface area contributed by atoms with Crippen molar-refractivity contribution in [2.45, 2.75) is 19.6 Å². The van der Waals surface area contributed by atoms with Crippen LogP contribution in [0, 0.1) is 6.92 Å². The van der Waals surface area contributed by atoms with Gasteiger partial charge in [-0.05, 0) is 19.1 Å². The molecule has 0 aliphatic carbocycles. The van der Waals surface area contributed by atoms with Crippen LogP contribution >= 0.6 is 0 Å². The van der Waals surface area contributed by atoms with E-state index in [4.69, 9.17) is 4.74 Å². The van der Waals surface area contributed by atoms with Crippen LogP contribution in [-0.4, -0.2) is 46.6 Å². The van der Waals surface area contributed by atoms with Crippen molar-refractivity contribution in [3.05, 3.63) is 47.7 Å². The molecule has 22 heavy (non-hydrogen) atoms. The van der Waals surface area contributed by atoms with Gasteiger partial charge in [0.25, 0.3) is 0 Å². The summed E-state index contributed by atoms with van der Waals surface area (Å²) < 4.78 is 5.91. The number of ether oxygens (including phenoxy) is 1. The van der Waals surface area contributed by atoms with Gasteiger partial charge in [-0.1, -0.05) is 6.07 Å². The normalized spacial score (nSPS) is 19.1. The molecule has 1 atom stereocenters. The summed E-state index contributed by atoms with van der Waals surface area (Å²) in [6.07, 6.45) is 1.81. The molecule has 6 nitrogen and oxygen atoms in total. The Balaban J connectivity index is 1.71. The first-order chi connectivity index (χ1) is 10.7. The summed E-state index contributed by atoms with van der Waals surface area (Å²) in [6, 6.07) is 7.97. The maximum Gasteiger partial charge on any atom is 0.129 e. The van der Waals surface area contributed by atoms with Gasteiger partial charge in [0.1, 0.15) is 17.7 Å². The molecule has 0 amide bonds. The highest BCUT2D eigenvalue weighted by Crippen LogP contribution is 2.23. The molecule has 2 aromatic heterocycles. The molecule has 0 radical (unpaired) electrons. The average Bonchev–Trinajstić information content (AvgIpc) is 2.55. The van der Waals surface area contributed by atoms with Crippen molar-refractivity contribution in [2.24, 2.45) is 0 Å². The Kier molecular flexibility index (Phi) is 4.60. The number of hydrogen-bond donors (Lipinski definition) is 1. The van der Waals surface area contributed by atoms with Crippen LogP contribution in [0.1, 0.15) is 23.3 Å². The molecule has 1 aliphatic heterocycles.